The number of rotatable bonds is 2. The Kier molecular flexibility index (Phi) is 3.76. The van der Waals surface area contributed by atoms with Gasteiger partial charge in [-0.2, -0.15) is 13.2 Å². The maximum atomic E-state index is 12.8. The van der Waals surface area contributed by atoms with E-state index in [-0.39, 0.29) is 5.69 Å². The Bertz CT molecular complexity index is 742. The Morgan fingerprint density at radius 2 is 1.71 bits per heavy atom. The predicted octanol–water partition coefficient (Wildman–Crippen LogP) is 2.59. The normalized spacial score (nSPS) is 19.7. The zero-order chi connectivity index (χ0) is 17.8. The van der Waals surface area contributed by atoms with Crippen LogP contribution in [0.2, 0.25) is 0 Å². The van der Waals surface area contributed by atoms with Crippen molar-refractivity contribution >= 4 is 12.7 Å². The Morgan fingerprint density at radius 3 is 2.29 bits per heavy atom. The van der Waals surface area contributed by atoms with Crippen molar-refractivity contribution in [3.8, 4) is 5.69 Å². The van der Waals surface area contributed by atoms with Gasteiger partial charge in [0, 0.05) is 0 Å². The van der Waals surface area contributed by atoms with Crippen molar-refractivity contribution in [2.75, 3.05) is 0 Å². The molecule has 2 aromatic rings. The van der Waals surface area contributed by atoms with Gasteiger partial charge >= 0.3 is 13.3 Å². The summed E-state index contributed by atoms with van der Waals surface area (Å²) in [5.74, 6) is 0. The Labute approximate surface area is 137 Å². The fraction of sp³-hybridized carbons (Fsp3) is 0.467. The molecule has 9 heteroatoms. The molecule has 2 heterocycles. The molecule has 24 heavy (non-hydrogen) atoms. The van der Waals surface area contributed by atoms with Crippen LogP contribution < -0.4 is 5.59 Å². The van der Waals surface area contributed by atoms with E-state index in [2.05, 4.69) is 10.3 Å². The third kappa shape index (κ3) is 2.93. The Hall–Kier alpha value is -1.87. The monoisotopic (exact) mass is 339 g/mol. The highest BCUT2D eigenvalue weighted by Crippen LogP contribution is 2.36. The second-order valence-electron chi connectivity index (χ2n) is 6.72. The molecule has 0 spiro atoms. The summed E-state index contributed by atoms with van der Waals surface area (Å²) in [4.78, 5) is 0. The van der Waals surface area contributed by atoms with Crippen molar-refractivity contribution in [3.05, 3.63) is 36.0 Å². The van der Waals surface area contributed by atoms with Gasteiger partial charge in [-0.25, -0.2) is 4.68 Å². The number of nitrogens with zero attached hydrogens (tertiary/aromatic N) is 3. The van der Waals surface area contributed by atoms with Crippen LogP contribution in [0.3, 0.4) is 0 Å². The molecule has 1 aromatic heterocycles. The van der Waals surface area contributed by atoms with E-state index in [1.165, 1.54) is 23.0 Å². The summed E-state index contributed by atoms with van der Waals surface area (Å²) in [7, 11) is -0.713. The van der Waals surface area contributed by atoms with Gasteiger partial charge in [-0.3, -0.25) is 0 Å². The highest BCUT2D eigenvalue weighted by Gasteiger charge is 2.52. The molecule has 128 valence electrons. The number of hydrogen-bond acceptors (Lipinski definition) is 4. The molecule has 1 aliphatic rings. The van der Waals surface area contributed by atoms with Crippen molar-refractivity contribution in [2.45, 2.75) is 45.1 Å². The minimum absolute atomic E-state index is 0.264. The average Bonchev–Trinajstić information content (AvgIpc) is 3.02. The van der Waals surface area contributed by atoms with Crippen LogP contribution in [-0.2, 0) is 15.5 Å². The molecular formula is C15H17BF3N3O2. The van der Waals surface area contributed by atoms with Crippen LogP contribution in [-0.4, -0.2) is 33.3 Å². The van der Waals surface area contributed by atoms with Crippen LogP contribution in [0.4, 0.5) is 13.2 Å². The van der Waals surface area contributed by atoms with Crippen LogP contribution >= 0.6 is 0 Å². The van der Waals surface area contributed by atoms with Gasteiger partial charge in [0.05, 0.1) is 28.6 Å². The minimum Gasteiger partial charge on any atom is -0.398 e. The van der Waals surface area contributed by atoms with E-state index in [1.807, 2.05) is 27.7 Å². The lowest BCUT2D eigenvalue weighted by molar-refractivity contribution is -0.137. The molecule has 0 bridgehead atoms. The molecule has 0 amide bonds. The van der Waals surface area contributed by atoms with Crippen LogP contribution in [0.25, 0.3) is 5.69 Å². The smallest absolute Gasteiger partial charge is 0.398 e. The van der Waals surface area contributed by atoms with E-state index in [1.54, 1.807) is 0 Å². The van der Waals surface area contributed by atoms with Crippen molar-refractivity contribution in [2.24, 2.45) is 0 Å². The van der Waals surface area contributed by atoms with Gasteiger partial charge in [-0.1, -0.05) is 11.3 Å². The van der Waals surface area contributed by atoms with Gasteiger partial charge in [0.15, 0.2) is 0 Å². The third-order valence-electron chi connectivity index (χ3n) is 4.44. The molecule has 1 fully saturated rings. The van der Waals surface area contributed by atoms with Gasteiger partial charge in [0.1, 0.15) is 5.59 Å². The van der Waals surface area contributed by atoms with Crippen molar-refractivity contribution < 1.29 is 22.5 Å². The molecule has 1 saturated heterocycles. The topological polar surface area (TPSA) is 49.2 Å². The maximum Gasteiger partial charge on any atom is 0.518 e. The molecule has 5 nitrogen and oxygen atoms in total. The fourth-order valence-corrected chi connectivity index (χ4v) is 2.30. The van der Waals surface area contributed by atoms with Crippen molar-refractivity contribution in [1.82, 2.24) is 15.0 Å². The first-order chi connectivity index (χ1) is 11.0. The lowest BCUT2D eigenvalue weighted by Crippen LogP contribution is -2.41. The zero-order valence-corrected chi connectivity index (χ0v) is 13.8. The van der Waals surface area contributed by atoms with Crippen molar-refractivity contribution in [1.29, 1.82) is 0 Å². The molecule has 0 radical (unpaired) electrons. The predicted molar refractivity (Wildman–Crippen MR) is 82.1 cm³/mol. The van der Waals surface area contributed by atoms with Gasteiger partial charge in [-0.05, 0) is 45.9 Å². The summed E-state index contributed by atoms with van der Waals surface area (Å²) in [5, 5.41) is 7.87. The second-order valence-corrected chi connectivity index (χ2v) is 6.72. The molecule has 1 aromatic carbocycles. The molecule has 0 unspecified atom stereocenters. The second kappa shape index (κ2) is 5.32. The third-order valence-corrected chi connectivity index (χ3v) is 4.44. The van der Waals surface area contributed by atoms with Crippen LogP contribution in [0.15, 0.2) is 30.5 Å². The summed E-state index contributed by atoms with van der Waals surface area (Å²) in [6.07, 6.45) is -2.90. The summed E-state index contributed by atoms with van der Waals surface area (Å²) < 4.78 is 51.5. The number of benzene rings is 1. The summed E-state index contributed by atoms with van der Waals surface area (Å²) in [5.41, 5.74) is -1.13. The number of halogens is 3. The molecule has 0 N–H and O–H groups in total. The van der Waals surface area contributed by atoms with Crippen molar-refractivity contribution in [3.63, 3.8) is 0 Å². The molecule has 0 saturated carbocycles. The van der Waals surface area contributed by atoms with E-state index in [0.29, 0.717) is 5.59 Å². The van der Waals surface area contributed by atoms with Crippen LogP contribution in [0.5, 0.6) is 0 Å². The molecule has 0 aliphatic carbocycles. The quantitative estimate of drug-likeness (QED) is 0.790. The first-order valence-corrected chi connectivity index (χ1v) is 7.45. The SMILES string of the molecule is CC1(C)OB(c2cn(-c3cccc(C(F)(F)F)c3)nn2)OC1(C)C. The minimum atomic E-state index is -4.41. The number of hydrogen-bond donors (Lipinski definition) is 0. The molecule has 1 aliphatic heterocycles. The van der Waals surface area contributed by atoms with Crippen LogP contribution in [0, 0.1) is 0 Å². The largest absolute Gasteiger partial charge is 0.518 e. The van der Waals surface area contributed by atoms with E-state index < -0.39 is 30.1 Å². The van der Waals surface area contributed by atoms with Gasteiger partial charge in [-0.15, -0.1) is 5.10 Å². The fourth-order valence-electron chi connectivity index (χ4n) is 2.30. The lowest BCUT2D eigenvalue weighted by atomic mass is 9.86. The number of aromatic nitrogens is 3. The Balaban J connectivity index is 1.87. The maximum absolute atomic E-state index is 12.8. The summed E-state index contributed by atoms with van der Waals surface area (Å²) in [6, 6.07) is 4.88. The van der Waals surface area contributed by atoms with E-state index in [0.717, 1.165) is 12.1 Å². The first kappa shape index (κ1) is 17.0. The summed E-state index contributed by atoms with van der Waals surface area (Å²) >= 11 is 0. The standard InChI is InChI=1S/C15H17BF3N3O2/c1-13(2)14(3,4)24-16(23-13)12-9-22(21-20-12)11-7-5-6-10(8-11)15(17,18)19/h5-9H,1-4H3. The van der Waals surface area contributed by atoms with Crippen LogP contribution in [0.1, 0.15) is 33.3 Å². The highest BCUT2D eigenvalue weighted by molar-refractivity contribution is 6.61. The van der Waals surface area contributed by atoms with Gasteiger partial charge in [0.25, 0.3) is 0 Å². The van der Waals surface area contributed by atoms with E-state index >= 15 is 0 Å². The highest BCUT2D eigenvalue weighted by atomic mass is 19.4. The molecular weight excluding hydrogens is 322 g/mol. The Morgan fingerprint density at radius 1 is 1.08 bits per heavy atom. The van der Waals surface area contributed by atoms with Gasteiger partial charge < -0.3 is 9.31 Å². The first-order valence-electron chi connectivity index (χ1n) is 7.45. The average molecular weight is 339 g/mol. The lowest BCUT2D eigenvalue weighted by Gasteiger charge is -2.32. The molecule has 3 rings (SSSR count). The number of alkyl halides is 3. The zero-order valence-electron chi connectivity index (χ0n) is 13.8. The van der Waals surface area contributed by atoms with E-state index in [9.17, 15) is 13.2 Å². The van der Waals surface area contributed by atoms with E-state index in [4.69, 9.17) is 9.31 Å². The summed E-state index contributed by atoms with van der Waals surface area (Å²) in [6.45, 7) is 7.63. The van der Waals surface area contributed by atoms with Gasteiger partial charge in [0.2, 0.25) is 0 Å². The molecule has 0 atom stereocenters.